The molecule has 1 atom stereocenters. The van der Waals surface area contributed by atoms with Crippen LogP contribution in [0.5, 0.6) is 0 Å². The van der Waals surface area contributed by atoms with Crippen molar-refractivity contribution in [3.05, 3.63) is 7.43 Å². The van der Waals surface area contributed by atoms with Crippen LogP contribution in [0.25, 0.3) is 0 Å². The van der Waals surface area contributed by atoms with Crippen molar-refractivity contribution in [3.8, 4) is 0 Å². The fourth-order valence-corrected chi connectivity index (χ4v) is 0. The Labute approximate surface area is 61.5 Å². The van der Waals surface area contributed by atoms with Crippen molar-refractivity contribution < 1.29 is 34.5 Å². The molecule has 2 N–H and O–H groups in total. The molecule has 0 saturated carbocycles. The van der Waals surface area contributed by atoms with Gasteiger partial charge in [-0.15, -0.1) is 0 Å². The Hall–Kier alpha value is 0.0534. The van der Waals surface area contributed by atoms with Crippen molar-refractivity contribution in [1.29, 1.82) is 0 Å². The summed E-state index contributed by atoms with van der Waals surface area (Å²) in [6, 6.07) is 0. The normalized spacial score (nSPS) is 10.2. The zero-order valence-electron chi connectivity index (χ0n) is 5.09. The molecule has 0 amide bonds. The number of hydrogen-bond donors (Lipinski definition) is 2. The third-order valence-corrected chi connectivity index (χ3v) is 0.357. The second kappa shape index (κ2) is 7.05. The van der Waals surface area contributed by atoms with Crippen LogP contribution in [0, 0.1) is 7.43 Å². The van der Waals surface area contributed by atoms with Gasteiger partial charge in [-0.05, 0) is 6.92 Å². The Balaban J connectivity index is -0.000000125. The Morgan fingerprint density at radius 2 is 1.75 bits per heavy atom. The molecule has 0 aliphatic carbocycles. The van der Waals surface area contributed by atoms with Gasteiger partial charge in [0.25, 0.3) is 0 Å². The van der Waals surface area contributed by atoms with E-state index in [1.54, 1.807) is 0 Å². The summed E-state index contributed by atoms with van der Waals surface area (Å²) in [6.07, 6.45) is -1.23. The molecule has 46 valence electrons. The molecule has 1 unspecified atom stereocenters. The van der Waals surface area contributed by atoms with E-state index in [4.69, 9.17) is 10.2 Å². The van der Waals surface area contributed by atoms with Crippen molar-refractivity contribution in [2.24, 2.45) is 0 Å². The van der Waals surface area contributed by atoms with Gasteiger partial charge in [0.05, 0.1) is 0 Å². The third-order valence-electron chi connectivity index (χ3n) is 0.357. The molecule has 3 nitrogen and oxygen atoms in total. The average molecular weight is 171 g/mol. The summed E-state index contributed by atoms with van der Waals surface area (Å²) in [4.78, 5) is 9.45. The predicted molar refractivity (Wildman–Crippen MR) is 25.7 cm³/mol. The average Bonchev–Trinajstić information content (AvgIpc) is 1.36. The van der Waals surface area contributed by atoms with Crippen molar-refractivity contribution in [1.82, 2.24) is 0 Å². The van der Waals surface area contributed by atoms with Crippen LogP contribution in [0.4, 0.5) is 0 Å². The summed E-state index contributed by atoms with van der Waals surface area (Å²) in [5, 5.41) is 15.8. The van der Waals surface area contributed by atoms with Gasteiger partial charge in [-0.1, -0.05) is 0 Å². The van der Waals surface area contributed by atoms with Gasteiger partial charge in [-0.3, -0.25) is 0 Å². The van der Waals surface area contributed by atoms with Crippen molar-refractivity contribution in [2.45, 2.75) is 13.0 Å². The van der Waals surface area contributed by atoms with Gasteiger partial charge in [-0.25, -0.2) is 4.79 Å². The second-order valence-corrected chi connectivity index (χ2v) is 1.01. The van der Waals surface area contributed by atoms with Crippen molar-refractivity contribution >= 4 is 5.97 Å². The quantitative estimate of drug-likeness (QED) is 0.427. The minimum atomic E-state index is -1.23. The maximum atomic E-state index is 9.45. The minimum Gasteiger partial charge on any atom is -0.479 e. The van der Waals surface area contributed by atoms with E-state index in [2.05, 4.69) is 0 Å². The van der Waals surface area contributed by atoms with Crippen LogP contribution in [-0.2, 0) is 24.3 Å². The maximum absolute atomic E-state index is 9.45. The molecule has 0 fully saturated rings. The zero-order valence-corrected chi connectivity index (χ0v) is 8.05. The summed E-state index contributed by atoms with van der Waals surface area (Å²) in [6.45, 7) is 1.20. The van der Waals surface area contributed by atoms with Crippen LogP contribution >= 0.6 is 0 Å². The van der Waals surface area contributed by atoms with E-state index in [0.717, 1.165) is 0 Å². The molecule has 0 rings (SSSR count). The van der Waals surface area contributed by atoms with Crippen LogP contribution in [0.15, 0.2) is 0 Å². The number of hydrogen-bond acceptors (Lipinski definition) is 2. The van der Waals surface area contributed by atoms with E-state index in [9.17, 15) is 4.79 Å². The first kappa shape index (κ1) is 15.7. The van der Waals surface area contributed by atoms with Crippen LogP contribution in [0.3, 0.4) is 0 Å². The number of aliphatic carboxylic acids is 1. The number of rotatable bonds is 1. The van der Waals surface area contributed by atoms with E-state index in [0.29, 0.717) is 0 Å². The molecule has 8 heavy (non-hydrogen) atoms. The summed E-state index contributed by atoms with van der Waals surface area (Å²) in [5.41, 5.74) is 0. The van der Waals surface area contributed by atoms with Gasteiger partial charge in [0.2, 0.25) is 0 Å². The smallest absolute Gasteiger partial charge is 0.332 e. The fraction of sp³-hybridized carbons (Fsp3) is 0.500. The summed E-state index contributed by atoms with van der Waals surface area (Å²) in [7, 11) is 0. The molecule has 0 aromatic carbocycles. The summed E-state index contributed by atoms with van der Waals surface area (Å²) in [5.74, 6) is -1.19. The Morgan fingerprint density at radius 3 is 1.75 bits per heavy atom. The second-order valence-electron chi connectivity index (χ2n) is 1.01. The number of carboxylic acids is 1. The van der Waals surface area contributed by atoms with Gasteiger partial charge >= 0.3 is 5.97 Å². The molecule has 0 saturated heterocycles. The molecule has 0 heterocycles. The first-order chi connectivity index (χ1) is 2.64. The summed E-state index contributed by atoms with van der Waals surface area (Å²) >= 11 is 0. The van der Waals surface area contributed by atoms with Crippen LogP contribution in [-0.4, -0.2) is 22.3 Å². The van der Waals surface area contributed by atoms with E-state index in [-0.39, 0.29) is 26.9 Å². The minimum absolute atomic E-state index is 0. The zero-order chi connectivity index (χ0) is 5.15. The van der Waals surface area contributed by atoms with Gasteiger partial charge in [0.1, 0.15) is 6.10 Å². The summed E-state index contributed by atoms with van der Waals surface area (Å²) < 4.78 is 0. The number of aliphatic hydroxyl groups is 1. The molecule has 0 bridgehead atoms. The molecular formula is C4H9O3Zn-. The standard InChI is InChI=1S/C3H6O3.CH3.Zn/c1-2(4)3(5)6;;/h2,4H,1H3,(H,5,6);1H3;/q;-1;. The number of carbonyl (C=O) groups is 1. The Kier molecular flexibility index (Phi) is 13.8. The molecule has 0 aliphatic rings. The van der Waals surface area contributed by atoms with Crippen molar-refractivity contribution in [3.63, 3.8) is 0 Å². The van der Waals surface area contributed by atoms with Gasteiger partial charge in [-0.2, -0.15) is 0 Å². The first-order valence-electron chi connectivity index (χ1n) is 1.55. The fourth-order valence-electron chi connectivity index (χ4n) is 0. The third kappa shape index (κ3) is 9.41. The number of carboxylic acid groups (broad SMARTS) is 1. The molecule has 4 heteroatoms. The molecule has 0 radical (unpaired) electrons. The Morgan fingerprint density at radius 1 is 1.62 bits per heavy atom. The topological polar surface area (TPSA) is 57.5 Å². The van der Waals surface area contributed by atoms with E-state index in [1.165, 1.54) is 6.92 Å². The molecule has 0 aromatic heterocycles. The largest absolute Gasteiger partial charge is 0.479 e. The van der Waals surface area contributed by atoms with Gasteiger partial charge in [0, 0.05) is 19.5 Å². The SMILES string of the molecule is CC(O)C(=O)O.[CH3-].[Zn]. The maximum Gasteiger partial charge on any atom is 0.332 e. The molecule has 0 aromatic rings. The van der Waals surface area contributed by atoms with Crippen molar-refractivity contribution in [2.75, 3.05) is 0 Å². The predicted octanol–water partition coefficient (Wildman–Crippen LogP) is -0.100. The van der Waals surface area contributed by atoms with Gasteiger partial charge < -0.3 is 17.6 Å². The molecule has 0 spiro atoms. The van der Waals surface area contributed by atoms with E-state index >= 15 is 0 Å². The number of aliphatic hydroxyl groups excluding tert-OH is 1. The molecule has 0 aliphatic heterocycles. The monoisotopic (exact) mass is 169 g/mol. The van der Waals surface area contributed by atoms with Crippen LogP contribution in [0.1, 0.15) is 6.92 Å². The molecular weight excluding hydrogens is 161 g/mol. The first-order valence-corrected chi connectivity index (χ1v) is 1.55. The van der Waals surface area contributed by atoms with E-state index < -0.39 is 12.1 Å². The van der Waals surface area contributed by atoms with Crippen LogP contribution in [0.2, 0.25) is 0 Å². The Bertz CT molecular complexity index is 62.3. The van der Waals surface area contributed by atoms with Crippen LogP contribution < -0.4 is 0 Å². The van der Waals surface area contributed by atoms with Gasteiger partial charge in [0.15, 0.2) is 0 Å². The van der Waals surface area contributed by atoms with E-state index in [1.807, 2.05) is 0 Å².